The van der Waals surface area contributed by atoms with E-state index in [1.54, 1.807) is 0 Å². The fourth-order valence-electron chi connectivity index (χ4n) is 4.34. The van der Waals surface area contributed by atoms with Crippen molar-refractivity contribution in [3.8, 4) is 0 Å². The number of carbonyl (C=O) groups excluding carboxylic acids is 1. The van der Waals surface area contributed by atoms with E-state index in [9.17, 15) is 4.79 Å². The first-order valence-corrected chi connectivity index (χ1v) is 9.96. The van der Waals surface area contributed by atoms with Crippen LogP contribution in [0.5, 0.6) is 0 Å². The van der Waals surface area contributed by atoms with Crippen molar-refractivity contribution in [3.63, 3.8) is 0 Å². The molecule has 3 heterocycles. The summed E-state index contributed by atoms with van der Waals surface area (Å²) in [7, 11) is 4.00. The average molecular weight is 378 g/mol. The number of nitrogens with one attached hydrogen (secondary N) is 2. The zero-order chi connectivity index (χ0) is 18.8. The molecule has 2 aliphatic heterocycles. The first-order valence-electron chi connectivity index (χ1n) is 9.96. The number of rotatable bonds is 5. The predicted octanol–water partition coefficient (Wildman–Crippen LogP) is 0.679. The van der Waals surface area contributed by atoms with Gasteiger partial charge >= 0.3 is 6.03 Å². The maximum absolute atomic E-state index is 12.3. The van der Waals surface area contributed by atoms with Gasteiger partial charge in [0.25, 0.3) is 0 Å². The largest absolute Gasteiger partial charge is 0.371 e. The van der Waals surface area contributed by atoms with Crippen LogP contribution in [-0.4, -0.2) is 77.5 Å². The van der Waals surface area contributed by atoms with Gasteiger partial charge in [0, 0.05) is 12.6 Å². The Morgan fingerprint density at radius 2 is 1.96 bits per heavy atom. The molecule has 2 saturated heterocycles. The number of aromatic nitrogens is 3. The summed E-state index contributed by atoms with van der Waals surface area (Å²) in [4.78, 5) is 14.4. The zero-order valence-electron chi connectivity index (χ0n) is 16.1. The molecule has 9 heteroatoms. The second-order valence-corrected chi connectivity index (χ2v) is 8.15. The van der Waals surface area contributed by atoms with Gasteiger partial charge in [0.05, 0.1) is 31.1 Å². The lowest BCUT2D eigenvalue weighted by molar-refractivity contribution is 0.0622. The van der Waals surface area contributed by atoms with Crippen molar-refractivity contribution in [1.29, 1.82) is 0 Å². The van der Waals surface area contributed by atoms with E-state index >= 15 is 0 Å². The van der Waals surface area contributed by atoms with E-state index in [0.717, 1.165) is 25.1 Å². The van der Waals surface area contributed by atoms with Crippen LogP contribution in [0.3, 0.4) is 0 Å². The van der Waals surface area contributed by atoms with Crippen molar-refractivity contribution in [2.75, 3.05) is 27.3 Å². The van der Waals surface area contributed by atoms with Crippen molar-refractivity contribution in [3.05, 3.63) is 11.9 Å². The van der Waals surface area contributed by atoms with Crippen LogP contribution in [0.2, 0.25) is 0 Å². The molecule has 4 unspecified atom stereocenters. The van der Waals surface area contributed by atoms with E-state index in [2.05, 4.69) is 25.8 Å². The Morgan fingerprint density at radius 3 is 2.74 bits per heavy atom. The molecule has 3 fully saturated rings. The highest BCUT2D eigenvalue weighted by Crippen LogP contribution is 2.34. The lowest BCUT2D eigenvalue weighted by Gasteiger charge is -2.24. The van der Waals surface area contributed by atoms with Gasteiger partial charge in [0.2, 0.25) is 0 Å². The van der Waals surface area contributed by atoms with Crippen LogP contribution in [-0.2, 0) is 16.0 Å². The van der Waals surface area contributed by atoms with Gasteiger partial charge in [-0.05, 0) is 26.9 Å². The summed E-state index contributed by atoms with van der Waals surface area (Å²) < 4.78 is 13.8. The van der Waals surface area contributed by atoms with Gasteiger partial charge in [-0.15, -0.1) is 5.10 Å². The third-order valence-electron chi connectivity index (χ3n) is 5.66. The molecule has 4 atom stereocenters. The molecule has 9 nitrogen and oxygen atoms in total. The summed E-state index contributed by atoms with van der Waals surface area (Å²) >= 11 is 0. The molecule has 1 aromatic rings. The Bertz CT molecular complexity index is 645. The number of urea groups is 1. The molecule has 0 bridgehead atoms. The van der Waals surface area contributed by atoms with E-state index in [4.69, 9.17) is 9.47 Å². The summed E-state index contributed by atoms with van der Waals surface area (Å²) in [5.74, 6) is 0. The minimum atomic E-state index is -0.145. The van der Waals surface area contributed by atoms with E-state index < -0.39 is 0 Å². The fourth-order valence-corrected chi connectivity index (χ4v) is 4.34. The van der Waals surface area contributed by atoms with Crippen molar-refractivity contribution in [1.82, 2.24) is 30.5 Å². The number of fused-ring (bicyclic) bond motifs is 1. The average Bonchev–Trinajstić information content (AvgIpc) is 3.33. The van der Waals surface area contributed by atoms with Gasteiger partial charge in [0.1, 0.15) is 18.2 Å². The van der Waals surface area contributed by atoms with Crippen LogP contribution in [0, 0.1) is 0 Å². The summed E-state index contributed by atoms with van der Waals surface area (Å²) in [6.07, 6.45) is 7.50. The standard InChI is InChI=1S/C18H30N6O3/c1-23(2)8-13-9-24(22-21-13)15-11-27-16-14(10-26-17(15)16)20-18(25)19-12-6-4-3-5-7-12/h9,12,14-17H,3-8,10-11H2,1-2H3,(H2,19,20,25). The first kappa shape index (κ1) is 18.6. The minimum absolute atomic E-state index is 0.00776. The summed E-state index contributed by atoms with van der Waals surface area (Å²) in [5.41, 5.74) is 0.919. The Kier molecular flexibility index (Phi) is 5.60. The number of hydrogen-bond acceptors (Lipinski definition) is 6. The second-order valence-electron chi connectivity index (χ2n) is 8.15. The molecule has 1 saturated carbocycles. The smallest absolute Gasteiger partial charge is 0.315 e. The molecule has 0 radical (unpaired) electrons. The van der Waals surface area contributed by atoms with Crippen molar-refractivity contribution < 1.29 is 14.3 Å². The fraction of sp³-hybridized carbons (Fsp3) is 0.833. The van der Waals surface area contributed by atoms with Crippen molar-refractivity contribution in [2.45, 2.75) is 69.0 Å². The van der Waals surface area contributed by atoms with E-state index in [0.29, 0.717) is 19.3 Å². The molecule has 1 aliphatic carbocycles. The van der Waals surface area contributed by atoms with Crippen LogP contribution >= 0.6 is 0 Å². The highest BCUT2D eigenvalue weighted by atomic mass is 16.6. The molecule has 0 aromatic carbocycles. The zero-order valence-corrected chi connectivity index (χ0v) is 16.1. The van der Waals surface area contributed by atoms with Gasteiger partial charge in [-0.25, -0.2) is 9.48 Å². The summed E-state index contributed by atoms with van der Waals surface area (Å²) in [6, 6.07) is 0.0385. The first-order chi connectivity index (χ1) is 13.1. The second kappa shape index (κ2) is 8.12. The normalized spacial score (nSPS) is 31.2. The van der Waals surface area contributed by atoms with Crippen LogP contribution in [0.25, 0.3) is 0 Å². The van der Waals surface area contributed by atoms with E-state index in [1.165, 1.54) is 19.3 Å². The lowest BCUT2D eigenvalue weighted by Crippen LogP contribution is -2.50. The highest BCUT2D eigenvalue weighted by Gasteiger charge is 2.49. The van der Waals surface area contributed by atoms with Crippen LogP contribution in [0.4, 0.5) is 4.79 Å². The molecule has 2 amide bonds. The summed E-state index contributed by atoms with van der Waals surface area (Å²) in [5, 5.41) is 14.6. The molecule has 1 aromatic heterocycles. The monoisotopic (exact) mass is 378 g/mol. The van der Waals surface area contributed by atoms with Crippen LogP contribution < -0.4 is 10.6 Å². The number of amides is 2. The Morgan fingerprint density at radius 1 is 1.19 bits per heavy atom. The number of nitrogens with zero attached hydrogens (tertiary/aromatic N) is 4. The summed E-state index contributed by atoms with van der Waals surface area (Å²) in [6.45, 7) is 1.72. The number of ether oxygens (including phenoxy) is 2. The van der Waals surface area contributed by atoms with Gasteiger partial charge in [-0.3, -0.25) is 0 Å². The van der Waals surface area contributed by atoms with Gasteiger partial charge in [-0.2, -0.15) is 0 Å². The molecule has 27 heavy (non-hydrogen) atoms. The van der Waals surface area contributed by atoms with Gasteiger partial charge in [0.15, 0.2) is 0 Å². The SMILES string of the molecule is CN(C)Cc1cn(C2COC3C(NC(=O)NC4CCCCC4)COC32)nn1. The number of carbonyl (C=O) groups is 1. The molecule has 4 rings (SSSR count). The van der Waals surface area contributed by atoms with Crippen LogP contribution in [0.15, 0.2) is 6.20 Å². The molecule has 0 spiro atoms. The third-order valence-corrected chi connectivity index (χ3v) is 5.66. The van der Waals surface area contributed by atoms with E-state index in [-0.39, 0.29) is 30.3 Å². The minimum Gasteiger partial charge on any atom is -0.371 e. The van der Waals surface area contributed by atoms with Crippen molar-refractivity contribution >= 4 is 6.03 Å². The Balaban J connectivity index is 1.31. The maximum Gasteiger partial charge on any atom is 0.315 e. The molecule has 2 N–H and O–H groups in total. The predicted molar refractivity (Wildman–Crippen MR) is 98.3 cm³/mol. The van der Waals surface area contributed by atoms with Crippen molar-refractivity contribution in [2.24, 2.45) is 0 Å². The quantitative estimate of drug-likeness (QED) is 0.783. The van der Waals surface area contributed by atoms with Crippen LogP contribution in [0.1, 0.15) is 43.8 Å². The molecule has 3 aliphatic rings. The van der Waals surface area contributed by atoms with Gasteiger partial charge in [-0.1, -0.05) is 24.5 Å². The Labute approximate surface area is 159 Å². The number of hydrogen-bond donors (Lipinski definition) is 2. The third kappa shape index (κ3) is 4.25. The molecule has 150 valence electrons. The molecular weight excluding hydrogens is 348 g/mol. The lowest BCUT2D eigenvalue weighted by atomic mass is 9.96. The van der Waals surface area contributed by atoms with E-state index in [1.807, 2.05) is 25.0 Å². The highest BCUT2D eigenvalue weighted by molar-refractivity contribution is 5.74. The molecular formula is C18H30N6O3. The maximum atomic E-state index is 12.3. The Hall–Kier alpha value is -1.71. The van der Waals surface area contributed by atoms with Gasteiger partial charge < -0.3 is 25.0 Å². The topological polar surface area (TPSA) is 93.5 Å².